The maximum atomic E-state index is 14.9. The molecule has 1 aliphatic carbocycles. The number of likely N-dealkylation sites (N-methyl/N-ethyl adjacent to an activating group) is 1. The molecule has 37 heavy (non-hydrogen) atoms. The van der Waals surface area contributed by atoms with Crippen LogP contribution < -0.4 is 25.6 Å². The predicted molar refractivity (Wildman–Crippen MR) is 134 cm³/mol. The molecule has 3 amide bonds. The van der Waals surface area contributed by atoms with Crippen LogP contribution in [0.4, 0.5) is 31.3 Å². The zero-order valence-electron chi connectivity index (χ0n) is 20.8. The Morgan fingerprint density at radius 1 is 1.27 bits per heavy atom. The SMILES string of the molecule is CCOc1cnc(NC(=O)N(C)[C@H]2CN(c3cc(NC(=O)O[C@@H]4CC5NC[C@H]54)ccn3)CC[C@H]2F)cn1. The van der Waals surface area contributed by atoms with Gasteiger partial charge in [-0.3, -0.25) is 10.6 Å². The summed E-state index contributed by atoms with van der Waals surface area (Å²) >= 11 is 0. The third-order valence-corrected chi connectivity index (χ3v) is 7.14. The van der Waals surface area contributed by atoms with Gasteiger partial charge < -0.3 is 24.6 Å². The molecule has 1 saturated carbocycles. The van der Waals surface area contributed by atoms with E-state index in [9.17, 15) is 14.0 Å². The lowest BCUT2D eigenvalue weighted by Crippen LogP contribution is -2.68. The number of carbonyl (C=O) groups is 2. The van der Waals surface area contributed by atoms with Crippen LogP contribution in [0, 0.1) is 5.92 Å². The van der Waals surface area contributed by atoms with E-state index in [0.29, 0.717) is 42.5 Å². The lowest BCUT2D eigenvalue weighted by atomic mass is 9.70. The summed E-state index contributed by atoms with van der Waals surface area (Å²) in [4.78, 5) is 40.9. The van der Waals surface area contributed by atoms with Crippen molar-refractivity contribution < 1.29 is 23.5 Å². The predicted octanol–water partition coefficient (Wildman–Crippen LogP) is 2.26. The van der Waals surface area contributed by atoms with Crippen LogP contribution in [-0.4, -0.2) is 89.6 Å². The van der Waals surface area contributed by atoms with Gasteiger partial charge in [0, 0.05) is 63.0 Å². The monoisotopic (exact) mass is 514 g/mol. The lowest BCUT2D eigenvalue weighted by Gasteiger charge is -2.52. The molecule has 5 rings (SSSR count). The highest BCUT2D eigenvalue weighted by molar-refractivity contribution is 5.88. The number of rotatable bonds is 7. The average Bonchev–Trinajstić information content (AvgIpc) is 2.88. The Morgan fingerprint density at radius 2 is 2.14 bits per heavy atom. The molecule has 1 unspecified atom stereocenters. The van der Waals surface area contributed by atoms with Gasteiger partial charge in [-0.15, -0.1) is 0 Å². The molecule has 3 fully saturated rings. The van der Waals surface area contributed by atoms with Crippen molar-refractivity contribution in [1.29, 1.82) is 0 Å². The molecule has 0 radical (unpaired) electrons. The maximum absolute atomic E-state index is 14.9. The average molecular weight is 515 g/mol. The van der Waals surface area contributed by atoms with Crippen LogP contribution in [-0.2, 0) is 4.74 Å². The molecule has 13 heteroatoms. The number of fused-ring (bicyclic) bond motifs is 1. The van der Waals surface area contributed by atoms with Crippen molar-refractivity contribution in [3.8, 4) is 5.88 Å². The first-order valence-electron chi connectivity index (χ1n) is 12.5. The highest BCUT2D eigenvalue weighted by Gasteiger charge is 2.49. The number of pyridine rings is 1. The first-order chi connectivity index (χ1) is 17.9. The summed E-state index contributed by atoms with van der Waals surface area (Å²) in [6, 6.07) is 2.66. The van der Waals surface area contributed by atoms with Crippen molar-refractivity contribution in [2.75, 3.05) is 48.8 Å². The lowest BCUT2D eigenvalue weighted by molar-refractivity contribution is -0.0624. The molecule has 4 heterocycles. The summed E-state index contributed by atoms with van der Waals surface area (Å²) in [5.41, 5.74) is 0.539. The molecule has 2 aliphatic heterocycles. The van der Waals surface area contributed by atoms with Gasteiger partial charge in [-0.05, 0) is 19.4 Å². The second-order valence-electron chi connectivity index (χ2n) is 9.42. The molecular weight excluding hydrogens is 483 g/mol. The van der Waals surface area contributed by atoms with Gasteiger partial charge in [0.1, 0.15) is 18.1 Å². The van der Waals surface area contributed by atoms with E-state index in [-0.39, 0.29) is 24.9 Å². The van der Waals surface area contributed by atoms with Gasteiger partial charge in [-0.25, -0.2) is 28.9 Å². The number of carbonyl (C=O) groups excluding carboxylic acids is 2. The second-order valence-corrected chi connectivity index (χ2v) is 9.42. The van der Waals surface area contributed by atoms with E-state index >= 15 is 0 Å². The van der Waals surface area contributed by atoms with Gasteiger partial charge in [0.15, 0.2) is 5.82 Å². The maximum Gasteiger partial charge on any atom is 0.411 e. The summed E-state index contributed by atoms with van der Waals surface area (Å²) in [6.45, 7) is 3.83. The molecule has 3 N–H and O–H groups in total. The van der Waals surface area contributed by atoms with E-state index in [1.807, 2.05) is 11.8 Å². The third-order valence-electron chi connectivity index (χ3n) is 7.14. The Hall–Kier alpha value is -3.74. The van der Waals surface area contributed by atoms with Gasteiger partial charge in [0.2, 0.25) is 5.88 Å². The molecule has 2 aromatic heterocycles. The number of aromatic nitrogens is 3. The first-order valence-corrected chi connectivity index (χ1v) is 12.5. The normalized spacial score (nSPS) is 26.1. The van der Waals surface area contributed by atoms with Crippen molar-refractivity contribution in [3.63, 3.8) is 0 Å². The largest absolute Gasteiger partial charge is 0.477 e. The van der Waals surface area contributed by atoms with E-state index in [0.717, 1.165) is 13.0 Å². The fourth-order valence-corrected chi connectivity index (χ4v) is 4.82. The van der Waals surface area contributed by atoms with E-state index in [1.165, 1.54) is 17.3 Å². The molecule has 3 aliphatic rings. The number of amides is 3. The molecule has 5 atom stereocenters. The summed E-state index contributed by atoms with van der Waals surface area (Å²) < 4.78 is 25.7. The Labute approximate surface area is 213 Å². The van der Waals surface area contributed by atoms with Crippen molar-refractivity contribution in [2.24, 2.45) is 5.92 Å². The minimum absolute atomic E-state index is 0.0489. The van der Waals surface area contributed by atoms with Gasteiger partial charge in [-0.1, -0.05) is 0 Å². The third kappa shape index (κ3) is 5.50. The Morgan fingerprint density at radius 3 is 2.81 bits per heavy atom. The van der Waals surface area contributed by atoms with E-state index < -0.39 is 24.3 Å². The number of halogens is 1. The molecule has 0 aromatic carbocycles. The summed E-state index contributed by atoms with van der Waals surface area (Å²) in [7, 11) is 1.54. The van der Waals surface area contributed by atoms with Gasteiger partial charge in [0.05, 0.1) is 25.0 Å². The standard InChI is InChI=1S/C24H31FN8O4/c1-3-36-22-12-28-20(11-29-22)31-23(34)32(2)18-13-33(7-5-16(18)25)21-8-14(4-6-26-21)30-24(35)37-19-9-17-15(19)10-27-17/h4,6,8,11-12,15-19,27H,3,5,7,9-10,13H2,1-2H3,(H,26,30,35)(H,28,31,34)/t15-,16-,17?,18+,19-/m1/s1. The minimum Gasteiger partial charge on any atom is -0.477 e. The van der Waals surface area contributed by atoms with Crippen molar-refractivity contribution in [3.05, 3.63) is 30.7 Å². The van der Waals surface area contributed by atoms with E-state index in [4.69, 9.17) is 9.47 Å². The molecule has 0 bridgehead atoms. The van der Waals surface area contributed by atoms with Crippen LogP contribution in [0.25, 0.3) is 0 Å². The van der Waals surface area contributed by atoms with Crippen molar-refractivity contribution >= 4 is 29.4 Å². The Kier molecular flexibility index (Phi) is 7.22. The fourth-order valence-electron chi connectivity index (χ4n) is 4.82. The Balaban J connectivity index is 1.17. The van der Waals surface area contributed by atoms with Crippen LogP contribution in [0.15, 0.2) is 30.7 Å². The molecule has 2 saturated heterocycles. The van der Waals surface area contributed by atoms with Gasteiger partial charge >= 0.3 is 12.1 Å². The fraction of sp³-hybridized carbons (Fsp3) is 0.542. The molecule has 2 aromatic rings. The van der Waals surface area contributed by atoms with Crippen LogP contribution in [0.3, 0.4) is 0 Å². The van der Waals surface area contributed by atoms with Crippen molar-refractivity contribution in [2.45, 2.75) is 44.1 Å². The topological polar surface area (TPSA) is 134 Å². The zero-order chi connectivity index (χ0) is 25.9. The number of ether oxygens (including phenoxy) is 2. The number of hydrogen-bond donors (Lipinski definition) is 3. The number of alkyl halides is 1. The Bertz CT molecular complexity index is 1120. The number of urea groups is 1. The highest BCUT2D eigenvalue weighted by Crippen LogP contribution is 2.36. The number of nitrogens with one attached hydrogen (secondary N) is 3. The van der Waals surface area contributed by atoms with E-state index in [1.54, 1.807) is 25.4 Å². The molecular formula is C24H31FN8O4. The second kappa shape index (κ2) is 10.7. The number of nitrogens with zero attached hydrogens (tertiary/aromatic N) is 5. The zero-order valence-corrected chi connectivity index (χ0v) is 20.8. The summed E-state index contributed by atoms with van der Waals surface area (Å²) in [5.74, 6) is 1.58. The molecule has 12 nitrogen and oxygen atoms in total. The first kappa shape index (κ1) is 24.9. The number of anilines is 3. The van der Waals surface area contributed by atoms with Crippen LogP contribution >= 0.6 is 0 Å². The summed E-state index contributed by atoms with van der Waals surface area (Å²) in [5, 5.41) is 8.69. The van der Waals surface area contributed by atoms with Gasteiger partial charge in [-0.2, -0.15) is 0 Å². The number of piperidine rings is 2. The van der Waals surface area contributed by atoms with Crippen LogP contribution in [0.5, 0.6) is 5.88 Å². The summed E-state index contributed by atoms with van der Waals surface area (Å²) in [6.07, 6.45) is 3.69. The quantitative estimate of drug-likeness (QED) is 0.509. The molecule has 0 spiro atoms. The van der Waals surface area contributed by atoms with E-state index in [2.05, 4.69) is 30.9 Å². The van der Waals surface area contributed by atoms with Crippen LogP contribution in [0.2, 0.25) is 0 Å². The minimum atomic E-state index is -1.21. The van der Waals surface area contributed by atoms with Crippen LogP contribution in [0.1, 0.15) is 19.8 Å². The van der Waals surface area contributed by atoms with Crippen molar-refractivity contribution in [1.82, 2.24) is 25.2 Å². The number of hydrogen-bond acceptors (Lipinski definition) is 9. The molecule has 198 valence electrons. The highest BCUT2D eigenvalue weighted by atomic mass is 19.1. The van der Waals surface area contributed by atoms with Gasteiger partial charge in [0.25, 0.3) is 0 Å². The smallest absolute Gasteiger partial charge is 0.411 e.